The molecule has 0 spiro atoms. The molecule has 0 amide bonds. The summed E-state index contributed by atoms with van der Waals surface area (Å²) in [5.74, 6) is 0.989. The topological polar surface area (TPSA) is 26.3 Å². The Bertz CT molecular complexity index is 618. The van der Waals surface area contributed by atoms with Gasteiger partial charge in [0.1, 0.15) is 12.4 Å². The van der Waals surface area contributed by atoms with Gasteiger partial charge in [-0.05, 0) is 54.8 Å². The van der Waals surface area contributed by atoms with Gasteiger partial charge >= 0.3 is 0 Å². The number of carbonyl (C=O) groups excluding carboxylic acids is 1. The summed E-state index contributed by atoms with van der Waals surface area (Å²) in [5, 5.41) is 0.716. The van der Waals surface area contributed by atoms with E-state index in [1.54, 1.807) is 0 Å². The number of Topliss-reactive ketones (excluding diaryl/α,β-unsaturated/α-hetero) is 1. The number of hydrogen-bond donors (Lipinski definition) is 0. The normalized spacial score (nSPS) is 10.4. The van der Waals surface area contributed by atoms with Crippen LogP contribution in [0.25, 0.3) is 0 Å². The molecular formula is C18H19ClO2. The Morgan fingerprint density at radius 3 is 2.48 bits per heavy atom. The Labute approximate surface area is 130 Å². The van der Waals surface area contributed by atoms with Crippen LogP contribution in [-0.2, 0) is 6.61 Å². The lowest BCUT2D eigenvalue weighted by atomic mass is 10.0. The lowest BCUT2D eigenvalue weighted by Gasteiger charge is -2.10. The highest BCUT2D eigenvalue weighted by atomic mass is 35.5. The van der Waals surface area contributed by atoms with Crippen LogP contribution in [0.1, 0.15) is 41.3 Å². The summed E-state index contributed by atoms with van der Waals surface area (Å²) < 4.78 is 5.80. The minimum Gasteiger partial charge on any atom is -0.489 e. The zero-order valence-electron chi connectivity index (χ0n) is 12.4. The van der Waals surface area contributed by atoms with E-state index in [0.717, 1.165) is 28.9 Å². The highest BCUT2D eigenvalue weighted by Gasteiger charge is 2.07. The molecule has 2 aromatic rings. The number of aryl methyl sites for hydroxylation is 1. The van der Waals surface area contributed by atoms with Crippen molar-refractivity contribution in [1.82, 2.24) is 0 Å². The SMILES string of the molecule is CCCC(=O)c1ccc(OCc2ccc(Cl)cc2)c(C)c1. The van der Waals surface area contributed by atoms with Gasteiger partial charge in [0.15, 0.2) is 5.78 Å². The van der Waals surface area contributed by atoms with E-state index in [4.69, 9.17) is 16.3 Å². The van der Waals surface area contributed by atoms with Gasteiger partial charge in [-0.3, -0.25) is 4.79 Å². The molecule has 0 heterocycles. The molecule has 2 aromatic carbocycles. The molecule has 110 valence electrons. The first-order valence-corrected chi connectivity index (χ1v) is 7.49. The predicted octanol–water partition coefficient (Wildman–Crippen LogP) is 5.21. The fourth-order valence-corrected chi connectivity index (χ4v) is 2.22. The monoisotopic (exact) mass is 302 g/mol. The van der Waals surface area contributed by atoms with E-state index in [0.29, 0.717) is 18.1 Å². The maximum absolute atomic E-state index is 11.9. The molecule has 0 aliphatic carbocycles. The van der Waals surface area contributed by atoms with Crippen LogP contribution in [0.3, 0.4) is 0 Å². The first-order valence-electron chi connectivity index (χ1n) is 7.11. The summed E-state index contributed by atoms with van der Waals surface area (Å²) in [6.07, 6.45) is 1.46. The van der Waals surface area contributed by atoms with Crippen LogP contribution < -0.4 is 4.74 Å². The number of benzene rings is 2. The fourth-order valence-electron chi connectivity index (χ4n) is 2.10. The Kier molecular flexibility index (Phi) is 5.40. The molecule has 0 aliphatic heterocycles. The number of halogens is 1. The number of hydrogen-bond acceptors (Lipinski definition) is 2. The Balaban J connectivity index is 2.04. The lowest BCUT2D eigenvalue weighted by molar-refractivity contribution is 0.0981. The first-order chi connectivity index (χ1) is 10.1. The van der Waals surface area contributed by atoms with Crippen molar-refractivity contribution in [2.24, 2.45) is 0 Å². The maximum Gasteiger partial charge on any atom is 0.162 e. The van der Waals surface area contributed by atoms with Gasteiger partial charge in [-0.25, -0.2) is 0 Å². The second-order valence-electron chi connectivity index (χ2n) is 5.07. The quantitative estimate of drug-likeness (QED) is 0.685. The Morgan fingerprint density at radius 2 is 1.86 bits per heavy atom. The molecule has 21 heavy (non-hydrogen) atoms. The van der Waals surface area contributed by atoms with Crippen molar-refractivity contribution < 1.29 is 9.53 Å². The fraction of sp³-hybridized carbons (Fsp3) is 0.278. The van der Waals surface area contributed by atoms with E-state index in [-0.39, 0.29) is 5.78 Å². The molecule has 0 saturated heterocycles. The molecule has 2 nitrogen and oxygen atoms in total. The molecule has 0 saturated carbocycles. The number of rotatable bonds is 6. The van der Waals surface area contributed by atoms with Crippen molar-refractivity contribution in [3.8, 4) is 5.75 Å². The van der Waals surface area contributed by atoms with E-state index in [1.807, 2.05) is 56.3 Å². The van der Waals surface area contributed by atoms with E-state index in [9.17, 15) is 4.79 Å². The number of ketones is 1. The van der Waals surface area contributed by atoms with E-state index >= 15 is 0 Å². The van der Waals surface area contributed by atoms with Gasteiger partial charge in [-0.2, -0.15) is 0 Å². The second kappa shape index (κ2) is 7.28. The van der Waals surface area contributed by atoms with Crippen LogP contribution in [0.4, 0.5) is 0 Å². The van der Waals surface area contributed by atoms with Gasteiger partial charge in [-0.1, -0.05) is 30.7 Å². The molecule has 2 rings (SSSR count). The van der Waals surface area contributed by atoms with Crippen LogP contribution in [0.5, 0.6) is 5.75 Å². The van der Waals surface area contributed by atoms with Gasteiger partial charge in [-0.15, -0.1) is 0 Å². The van der Waals surface area contributed by atoms with Crippen LogP contribution >= 0.6 is 11.6 Å². The minimum absolute atomic E-state index is 0.185. The zero-order chi connectivity index (χ0) is 15.2. The molecule has 0 unspecified atom stereocenters. The Morgan fingerprint density at radius 1 is 1.14 bits per heavy atom. The molecule has 3 heteroatoms. The summed E-state index contributed by atoms with van der Waals surface area (Å²) in [4.78, 5) is 11.9. The molecule has 0 atom stereocenters. The van der Waals surface area contributed by atoms with Crippen molar-refractivity contribution in [1.29, 1.82) is 0 Å². The van der Waals surface area contributed by atoms with Gasteiger partial charge < -0.3 is 4.74 Å². The van der Waals surface area contributed by atoms with Gasteiger partial charge in [0.25, 0.3) is 0 Å². The number of carbonyl (C=O) groups is 1. The van der Waals surface area contributed by atoms with E-state index in [2.05, 4.69) is 0 Å². The predicted molar refractivity (Wildman–Crippen MR) is 86.2 cm³/mol. The van der Waals surface area contributed by atoms with Gasteiger partial charge in [0, 0.05) is 17.0 Å². The third-order valence-electron chi connectivity index (χ3n) is 3.28. The van der Waals surface area contributed by atoms with Crippen molar-refractivity contribution in [3.05, 3.63) is 64.2 Å². The largest absolute Gasteiger partial charge is 0.489 e. The first kappa shape index (κ1) is 15.6. The summed E-state index contributed by atoms with van der Waals surface area (Å²) in [5.41, 5.74) is 2.80. The number of ether oxygens (including phenoxy) is 1. The molecule has 0 radical (unpaired) electrons. The lowest BCUT2D eigenvalue weighted by Crippen LogP contribution is -2.01. The summed E-state index contributed by atoms with van der Waals surface area (Å²) in [6, 6.07) is 13.2. The minimum atomic E-state index is 0.185. The highest BCUT2D eigenvalue weighted by molar-refractivity contribution is 6.30. The Hall–Kier alpha value is -1.80. The molecular weight excluding hydrogens is 284 g/mol. The second-order valence-corrected chi connectivity index (χ2v) is 5.51. The van der Waals surface area contributed by atoms with Crippen LogP contribution in [0, 0.1) is 6.92 Å². The summed E-state index contributed by atoms with van der Waals surface area (Å²) in [7, 11) is 0. The van der Waals surface area contributed by atoms with Gasteiger partial charge in [0.2, 0.25) is 0 Å². The third-order valence-corrected chi connectivity index (χ3v) is 3.53. The summed E-state index contributed by atoms with van der Waals surface area (Å²) >= 11 is 5.85. The average molecular weight is 303 g/mol. The van der Waals surface area contributed by atoms with Crippen molar-refractivity contribution >= 4 is 17.4 Å². The van der Waals surface area contributed by atoms with Crippen LogP contribution in [0.2, 0.25) is 5.02 Å². The summed E-state index contributed by atoms with van der Waals surface area (Å²) in [6.45, 7) is 4.45. The zero-order valence-corrected chi connectivity index (χ0v) is 13.1. The highest BCUT2D eigenvalue weighted by Crippen LogP contribution is 2.21. The maximum atomic E-state index is 11.9. The van der Waals surface area contributed by atoms with E-state index < -0.39 is 0 Å². The van der Waals surface area contributed by atoms with Crippen molar-refractivity contribution in [3.63, 3.8) is 0 Å². The standard InChI is InChI=1S/C18H19ClO2/c1-3-4-17(20)15-7-10-18(13(2)11-15)21-12-14-5-8-16(19)9-6-14/h5-11H,3-4,12H2,1-2H3. The smallest absolute Gasteiger partial charge is 0.162 e. The average Bonchev–Trinajstić information content (AvgIpc) is 2.48. The van der Waals surface area contributed by atoms with E-state index in [1.165, 1.54) is 0 Å². The molecule has 0 bridgehead atoms. The van der Waals surface area contributed by atoms with Crippen LogP contribution in [0.15, 0.2) is 42.5 Å². The molecule has 0 aliphatic rings. The van der Waals surface area contributed by atoms with Gasteiger partial charge in [0.05, 0.1) is 0 Å². The van der Waals surface area contributed by atoms with Crippen molar-refractivity contribution in [2.45, 2.75) is 33.3 Å². The van der Waals surface area contributed by atoms with Crippen LogP contribution in [-0.4, -0.2) is 5.78 Å². The molecule has 0 aromatic heterocycles. The molecule has 0 N–H and O–H groups in total. The third kappa shape index (κ3) is 4.33. The van der Waals surface area contributed by atoms with Crippen molar-refractivity contribution in [2.75, 3.05) is 0 Å². The molecule has 0 fully saturated rings.